The highest BCUT2D eigenvalue weighted by Crippen LogP contribution is 2.20. The van der Waals surface area contributed by atoms with E-state index in [0.29, 0.717) is 6.54 Å². The average molecular weight is 254 g/mol. The molecule has 0 saturated carbocycles. The molecule has 6 heteroatoms. The van der Waals surface area contributed by atoms with Gasteiger partial charge < -0.3 is 15.4 Å². The van der Waals surface area contributed by atoms with Gasteiger partial charge in [-0.05, 0) is 27.2 Å². The summed E-state index contributed by atoms with van der Waals surface area (Å²) in [6, 6.07) is 0.280. The van der Waals surface area contributed by atoms with Crippen LogP contribution in [0.4, 0.5) is 4.79 Å². The second-order valence-electron chi connectivity index (χ2n) is 5.92. The maximum atomic E-state index is 11.9. The van der Waals surface area contributed by atoms with Gasteiger partial charge in [0.05, 0.1) is 18.6 Å². The second-order valence-corrected chi connectivity index (χ2v) is 5.92. The van der Waals surface area contributed by atoms with Gasteiger partial charge in [0.25, 0.3) is 0 Å². The van der Waals surface area contributed by atoms with Crippen LogP contribution in [0.15, 0.2) is 5.10 Å². The molecule has 102 valence electrons. The largest absolute Gasteiger partial charge is 0.444 e. The van der Waals surface area contributed by atoms with E-state index in [0.717, 1.165) is 19.5 Å². The Balaban J connectivity index is 1.85. The summed E-state index contributed by atoms with van der Waals surface area (Å²) < 4.78 is 5.36. The van der Waals surface area contributed by atoms with Crippen LogP contribution < -0.4 is 5.73 Å². The molecule has 0 aliphatic carbocycles. The van der Waals surface area contributed by atoms with Crippen LogP contribution in [0.25, 0.3) is 0 Å². The number of ether oxygens (including phenoxy) is 1. The maximum Gasteiger partial charge on any atom is 0.410 e. The van der Waals surface area contributed by atoms with E-state index in [4.69, 9.17) is 10.5 Å². The van der Waals surface area contributed by atoms with Crippen LogP contribution in [0.5, 0.6) is 0 Å². The molecule has 0 spiro atoms. The molecular weight excluding hydrogens is 232 g/mol. The van der Waals surface area contributed by atoms with Crippen molar-refractivity contribution in [1.82, 2.24) is 9.91 Å². The second kappa shape index (κ2) is 4.76. The fraction of sp³-hybridized carbons (Fsp3) is 0.833. The summed E-state index contributed by atoms with van der Waals surface area (Å²) in [5.41, 5.74) is 5.33. The molecule has 2 atom stereocenters. The molecule has 2 N–H and O–H groups in total. The van der Waals surface area contributed by atoms with Gasteiger partial charge in [0, 0.05) is 19.3 Å². The van der Waals surface area contributed by atoms with E-state index >= 15 is 0 Å². The first kappa shape index (κ1) is 13.1. The molecule has 18 heavy (non-hydrogen) atoms. The Labute approximate surface area is 108 Å². The predicted octanol–water partition coefficient (Wildman–Crippen LogP) is 0.625. The summed E-state index contributed by atoms with van der Waals surface area (Å²) in [5.74, 6) is 0. The first-order valence-electron chi connectivity index (χ1n) is 6.39. The Kier molecular flexibility index (Phi) is 3.47. The van der Waals surface area contributed by atoms with E-state index < -0.39 is 5.60 Å². The molecule has 6 nitrogen and oxygen atoms in total. The molecule has 0 aromatic heterocycles. The SMILES string of the molecule is CC(C)(C)OC(=O)N1CC[C@H](N2CC(N)C=N2)C1. The number of hydrazone groups is 1. The number of rotatable bonds is 1. The highest BCUT2D eigenvalue weighted by Gasteiger charge is 2.34. The van der Waals surface area contributed by atoms with Crippen LogP contribution in [-0.4, -0.2) is 59.5 Å². The zero-order valence-corrected chi connectivity index (χ0v) is 11.3. The van der Waals surface area contributed by atoms with E-state index in [1.54, 1.807) is 11.1 Å². The van der Waals surface area contributed by atoms with E-state index in [1.165, 1.54) is 0 Å². The third-order valence-electron chi connectivity index (χ3n) is 3.04. The van der Waals surface area contributed by atoms with Gasteiger partial charge in [-0.3, -0.25) is 5.01 Å². The lowest BCUT2D eigenvalue weighted by molar-refractivity contribution is 0.0281. The van der Waals surface area contributed by atoms with Crippen LogP contribution in [0.1, 0.15) is 27.2 Å². The third kappa shape index (κ3) is 3.13. The van der Waals surface area contributed by atoms with Crippen LogP contribution in [0.3, 0.4) is 0 Å². The topological polar surface area (TPSA) is 71.2 Å². The Morgan fingerprint density at radius 2 is 2.17 bits per heavy atom. The number of carbonyl (C=O) groups excluding carboxylic acids is 1. The molecule has 1 amide bonds. The number of nitrogens with zero attached hydrogens (tertiary/aromatic N) is 3. The minimum atomic E-state index is -0.441. The summed E-state index contributed by atoms with van der Waals surface area (Å²) in [5, 5.41) is 6.25. The quantitative estimate of drug-likeness (QED) is 0.745. The maximum absolute atomic E-state index is 11.9. The zero-order valence-electron chi connectivity index (χ0n) is 11.3. The third-order valence-corrected chi connectivity index (χ3v) is 3.04. The Bertz CT molecular complexity index is 350. The van der Waals surface area contributed by atoms with Crippen molar-refractivity contribution in [3.05, 3.63) is 0 Å². The van der Waals surface area contributed by atoms with Crippen molar-refractivity contribution in [1.29, 1.82) is 0 Å². The molecule has 2 heterocycles. The summed E-state index contributed by atoms with van der Waals surface area (Å²) in [7, 11) is 0. The first-order chi connectivity index (χ1) is 8.35. The summed E-state index contributed by atoms with van der Waals surface area (Å²) in [4.78, 5) is 13.7. The van der Waals surface area contributed by atoms with Crippen LogP contribution >= 0.6 is 0 Å². The van der Waals surface area contributed by atoms with Crippen LogP contribution in [0.2, 0.25) is 0 Å². The molecule has 2 rings (SSSR count). The van der Waals surface area contributed by atoms with Crippen molar-refractivity contribution in [2.75, 3.05) is 19.6 Å². The van der Waals surface area contributed by atoms with E-state index in [-0.39, 0.29) is 18.2 Å². The number of nitrogens with two attached hydrogens (primary N) is 1. The van der Waals surface area contributed by atoms with Crippen molar-refractivity contribution in [2.45, 2.75) is 44.9 Å². The molecule has 1 unspecified atom stereocenters. The van der Waals surface area contributed by atoms with E-state index in [9.17, 15) is 4.79 Å². The molecular formula is C12H22N4O2. The molecule has 0 aromatic carbocycles. The van der Waals surface area contributed by atoms with Crippen molar-refractivity contribution < 1.29 is 9.53 Å². The standard InChI is InChI=1S/C12H22N4O2/c1-12(2,3)18-11(17)15-5-4-10(8-15)16-7-9(13)6-14-16/h6,9-10H,4-5,7-8,13H2,1-3H3/t9?,10-/m0/s1. The van der Waals surface area contributed by atoms with E-state index in [1.807, 2.05) is 25.8 Å². The van der Waals surface area contributed by atoms with Gasteiger partial charge in [0.1, 0.15) is 5.60 Å². The highest BCUT2D eigenvalue weighted by atomic mass is 16.6. The van der Waals surface area contributed by atoms with Crippen molar-refractivity contribution >= 4 is 12.3 Å². The Morgan fingerprint density at radius 1 is 1.44 bits per heavy atom. The molecule has 1 fully saturated rings. The Hall–Kier alpha value is -1.30. The molecule has 2 aliphatic rings. The fourth-order valence-electron chi connectivity index (χ4n) is 2.20. The number of likely N-dealkylation sites (tertiary alicyclic amines) is 1. The van der Waals surface area contributed by atoms with Gasteiger partial charge in [-0.1, -0.05) is 0 Å². The van der Waals surface area contributed by atoms with Gasteiger partial charge in [0.2, 0.25) is 0 Å². The van der Waals surface area contributed by atoms with Crippen LogP contribution in [-0.2, 0) is 4.74 Å². The van der Waals surface area contributed by atoms with Gasteiger partial charge in [-0.25, -0.2) is 4.79 Å². The lowest BCUT2D eigenvalue weighted by Gasteiger charge is -2.26. The lowest BCUT2D eigenvalue weighted by Crippen LogP contribution is -2.39. The average Bonchev–Trinajstić information content (AvgIpc) is 2.82. The predicted molar refractivity (Wildman–Crippen MR) is 69.4 cm³/mol. The number of carbonyl (C=O) groups is 1. The van der Waals surface area contributed by atoms with E-state index in [2.05, 4.69) is 5.10 Å². The molecule has 2 aliphatic heterocycles. The molecule has 0 aromatic rings. The lowest BCUT2D eigenvalue weighted by atomic mass is 10.2. The Morgan fingerprint density at radius 3 is 2.72 bits per heavy atom. The fourth-order valence-corrected chi connectivity index (χ4v) is 2.20. The van der Waals surface area contributed by atoms with Crippen molar-refractivity contribution in [2.24, 2.45) is 10.8 Å². The molecule has 0 bridgehead atoms. The minimum absolute atomic E-state index is 0.0144. The zero-order chi connectivity index (χ0) is 13.3. The van der Waals surface area contributed by atoms with Gasteiger partial charge in [-0.15, -0.1) is 0 Å². The van der Waals surface area contributed by atoms with Crippen molar-refractivity contribution in [3.8, 4) is 0 Å². The van der Waals surface area contributed by atoms with Gasteiger partial charge >= 0.3 is 6.09 Å². The summed E-state index contributed by atoms with van der Waals surface area (Å²) in [6.45, 7) is 7.76. The number of amides is 1. The molecule has 0 radical (unpaired) electrons. The molecule has 1 saturated heterocycles. The first-order valence-corrected chi connectivity index (χ1v) is 6.39. The summed E-state index contributed by atoms with van der Waals surface area (Å²) in [6.07, 6.45) is 2.44. The normalized spacial score (nSPS) is 28.0. The van der Waals surface area contributed by atoms with Crippen molar-refractivity contribution in [3.63, 3.8) is 0 Å². The number of hydrogen-bond acceptors (Lipinski definition) is 5. The highest BCUT2D eigenvalue weighted by molar-refractivity contribution is 5.68. The number of hydrogen-bond donors (Lipinski definition) is 1. The van der Waals surface area contributed by atoms with Gasteiger partial charge in [-0.2, -0.15) is 5.10 Å². The van der Waals surface area contributed by atoms with Crippen LogP contribution in [0, 0.1) is 0 Å². The monoisotopic (exact) mass is 254 g/mol. The summed E-state index contributed by atoms with van der Waals surface area (Å²) >= 11 is 0. The van der Waals surface area contributed by atoms with Gasteiger partial charge in [0.15, 0.2) is 0 Å². The minimum Gasteiger partial charge on any atom is -0.444 e. The smallest absolute Gasteiger partial charge is 0.410 e.